The third kappa shape index (κ3) is 5.07. The molecule has 0 aliphatic carbocycles. The van der Waals surface area contributed by atoms with Crippen LogP contribution in [0.2, 0.25) is 0 Å². The van der Waals surface area contributed by atoms with Gasteiger partial charge in [0.1, 0.15) is 0 Å². The highest BCUT2D eigenvalue weighted by Gasteiger charge is 2.22. The summed E-state index contributed by atoms with van der Waals surface area (Å²) in [6.45, 7) is 1.33. The van der Waals surface area contributed by atoms with Gasteiger partial charge in [-0.2, -0.15) is 0 Å². The van der Waals surface area contributed by atoms with Gasteiger partial charge in [0.25, 0.3) is 5.91 Å². The van der Waals surface area contributed by atoms with Crippen molar-refractivity contribution in [2.75, 3.05) is 25.4 Å². The van der Waals surface area contributed by atoms with Crippen molar-refractivity contribution in [3.05, 3.63) is 34.3 Å². The lowest BCUT2D eigenvalue weighted by Crippen LogP contribution is -2.38. The number of halogens is 1. The minimum atomic E-state index is -3.28. The topological polar surface area (TPSA) is 66.5 Å². The number of carbonyl (C=O) groups is 1. The molecule has 0 radical (unpaired) electrons. The zero-order valence-corrected chi connectivity index (χ0v) is 14.8. The van der Waals surface area contributed by atoms with Crippen LogP contribution in [0.3, 0.4) is 0 Å². The summed E-state index contributed by atoms with van der Waals surface area (Å²) in [5, 5.41) is 2.67. The van der Waals surface area contributed by atoms with Crippen LogP contribution in [0.4, 0.5) is 0 Å². The molecule has 122 valence electrons. The highest BCUT2D eigenvalue weighted by Crippen LogP contribution is 2.13. The van der Waals surface area contributed by atoms with Crippen molar-refractivity contribution in [2.24, 2.45) is 0 Å². The van der Waals surface area contributed by atoms with Gasteiger partial charge in [-0.1, -0.05) is 28.8 Å². The van der Waals surface area contributed by atoms with Crippen molar-refractivity contribution in [3.8, 4) is 0 Å². The quantitative estimate of drug-likeness (QED) is 0.841. The summed E-state index contributed by atoms with van der Waals surface area (Å²) in [5.41, 5.74) is 0.523. The molecule has 1 heterocycles. The van der Waals surface area contributed by atoms with E-state index in [-0.39, 0.29) is 18.2 Å². The first-order valence-electron chi connectivity index (χ1n) is 7.51. The number of hydrogen-bond acceptors (Lipinski definition) is 3. The van der Waals surface area contributed by atoms with Gasteiger partial charge in [0.2, 0.25) is 10.0 Å². The first-order valence-corrected chi connectivity index (χ1v) is 9.91. The number of sulfonamides is 1. The summed E-state index contributed by atoms with van der Waals surface area (Å²) in [6.07, 6.45) is 4.02. The Balaban J connectivity index is 1.84. The van der Waals surface area contributed by atoms with E-state index in [1.54, 1.807) is 28.6 Å². The average Bonchev–Trinajstić information content (AvgIpc) is 2.77. The molecule has 1 aliphatic heterocycles. The maximum Gasteiger partial charge on any atom is 0.251 e. The largest absolute Gasteiger partial charge is 0.351 e. The molecule has 1 saturated heterocycles. The Morgan fingerprint density at radius 1 is 1.09 bits per heavy atom. The monoisotopic (exact) mass is 388 g/mol. The zero-order valence-electron chi connectivity index (χ0n) is 12.4. The fourth-order valence-corrected chi connectivity index (χ4v) is 4.14. The molecule has 1 aliphatic rings. The van der Waals surface area contributed by atoms with Crippen molar-refractivity contribution in [2.45, 2.75) is 25.7 Å². The lowest BCUT2D eigenvalue weighted by Gasteiger charge is -2.19. The molecule has 0 aromatic heterocycles. The molecule has 1 amide bonds. The average molecular weight is 389 g/mol. The summed E-state index contributed by atoms with van der Waals surface area (Å²) in [5.74, 6) is -0.298. The van der Waals surface area contributed by atoms with Gasteiger partial charge in [0.05, 0.1) is 5.75 Å². The second-order valence-electron chi connectivity index (χ2n) is 5.39. The molecule has 22 heavy (non-hydrogen) atoms. The van der Waals surface area contributed by atoms with Gasteiger partial charge in [-0.05, 0) is 37.1 Å². The fraction of sp³-hybridized carbons (Fsp3) is 0.533. The summed E-state index contributed by atoms with van der Waals surface area (Å²) >= 11 is 3.31. The minimum absolute atomic E-state index is 0.0464. The SMILES string of the molecule is O=C(NCCS(=O)(=O)N1CCCCCC1)c1ccc(Br)cc1. The molecule has 0 unspecified atom stereocenters. The van der Waals surface area contributed by atoms with Crippen molar-refractivity contribution >= 4 is 31.9 Å². The van der Waals surface area contributed by atoms with E-state index in [4.69, 9.17) is 0 Å². The molecular formula is C15H21BrN2O3S. The Bertz CT molecular complexity index is 594. The van der Waals surface area contributed by atoms with E-state index in [1.165, 1.54) is 0 Å². The van der Waals surface area contributed by atoms with Gasteiger partial charge >= 0.3 is 0 Å². The van der Waals surface area contributed by atoms with Crippen LogP contribution in [0.25, 0.3) is 0 Å². The zero-order chi connectivity index (χ0) is 16.0. The van der Waals surface area contributed by atoms with Gasteiger partial charge in [0, 0.05) is 29.7 Å². The highest BCUT2D eigenvalue weighted by molar-refractivity contribution is 9.10. The summed E-state index contributed by atoms with van der Waals surface area (Å²) in [7, 11) is -3.28. The Hall–Kier alpha value is -0.920. The Labute approximate surface area is 140 Å². The molecule has 7 heteroatoms. The molecule has 0 atom stereocenters. The van der Waals surface area contributed by atoms with Crippen LogP contribution in [-0.2, 0) is 10.0 Å². The molecule has 5 nitrogen and oxygen atoms in total. The molecule has 2 rings (SSSR count). The molecule has 1 aromatic rings. The van der Waals surface area contributed by atoms with Crippen LogP contribution in [-0.4, -0.2) is 44.0 Å². The summed E-state index contributed by atoms with van der Waals surface area (Å²) < 4.78 is 27.0. The lowest BCUT2D eigenvalue weighted by atomic mass is 10.2. The number of nitrogens with zero attached hydrogens (tertiary/aromatic N) is 1. The molecule has 1 fully saturated rings. The maximum atomic E-state index is 12.3. The number of rotatable bonds is 5. The smallest absolute Gasteiger partial charge is 0.251 e. The number of carbonyl (C=O) groups excluding carboxylic acids is 1. The molecule has 0 spiro atoms. The molecular weight excluding hydrogens is 368 g/mol. The predicted octanol–water partition coefficient (Wildman–Crippen LogP) is 2.38. The normalized spacial score (nSPS) is 17.0. The van der Waals surface area contributed by atoms with E-state index >= 15 is 0 Å². The van der Waals surface area contributed by atoms with E-state index in [0.29, 0.717) is 18.7 Å². The summed E-state index contributed by atoms with van der Waals surface area (Å²) in [4.78, 5) is 11.9. The van der Waals surface area contributed by atoms with Crippen LogP contribution in [0.5, 0.6) is 0 Å². The number of amides is 1. The van der Waals surface area contributed by atoms with Gasteiger partial charge in [-0.3, -0.25) is 4.79 Å². The van der Waals surface area contributed by atoms with Crippen molar-refractivity contribution in [1.82, 2.24) is 9.62 Å². The minimum Gasteiger partial charge on any atom is -0.351 e. The van der Waals surface area contributed by atoms with E-state index in [0.717, 1.165) is 30.2 Å². The number of nitrogens with one attached hydrogen (secondary N) is 1. The van der Waals surface area contributed by atoms with E-state index < -0.39 is 10.0 Å². The summed E-state index contributed by atoms with van der Waals surface area (Å²) in [6, 6.07) is 6.96. The van der Waals surface area contributed by atoms with E-state index in [2.05, 4.69) is 21.2 Å². The van der Waals surface area contributed by atoms with E-state index in [9.17, 15) is 13.2 Å². The van der Waals surface area contributed by atoms with Crippen LogP contribution >= 0.6 is 15.9 Å². The van der Waals surface area contributed by atoms with Crippen LogP contribution in [0.1, 0.15) is 36.0 Å². The molecule has 0 saturated carbocycles. The Morgan fingerprint density at radius 3 is 2.27 bits per heavy atom. The van der Waals surface area contributed by atoms with Crippen molar-refractivity contribution < 1.29 is 13.2 Å². The lowest BCUT2D eigenvalue weighted by molar-refractivity contribution is 0.0956. The van der Waals surface area contributed by atoms with Crippen molar-refractivity contribution in [3.63, 3.8) is 0 Å². The second-order valence-corrected chi connectivity index (χ2v) is 8.40. The second kappa shape index (κ2) is 8.08. The van der Waals surface area contributed by atoms with E-state index in [1.807, 2.05) is 0 Å². The van der Waals surface area contributed by atoms with Crippen molar-refractivity contribution in [1.29, 1.82) is 0 Å². The number of hydrogen-bond donors (Lipinski definition) is 1. The first-order chi connectivity index (χ1) is 10.5. The van der Waals surface area contributed by atoms with Crippen LogP contribution in [0.15, 0.2) is 28.7 Å². The predicted molar refractivity (Wildman–Crippen MR) is 90.3 cm³/mol. The Morgan fingerprint density at radius 2 is 1.68 bits per heavy atom. The van der Waals surface area contributed by atoms with Gasteiger partial charge in [-0.25, -0.2) is 12.7 Å². The first kappa shape index (κ1) is 17.4. The molecule has 1 N–H and O–H groups in total. The van der Waals surface area contributed by atoms with Gasteiger partial charge in [-0.15, -0.1) is 0 Å². The van der Waals surface area contributed by atoms with Crippen LogP contribution < -0.4 is 5.32 Å². The molecule has 0 bridgehead atoms. The maximum absolute atomic E-state index is 12.3. The Kier molecular flexibility index (Phi) is 6.40. The third-order valence-corrected chi connectivity index (χ3v) is 6.11. The third-order valence-electron chi connectivity index (χ3n) is 3.71. The number of benzene rings is 1. The van der Waals surface area contributed by atoms with Crippen LogP contribution in [0, 0.1) is 0 Å². The van der Waals surface area contributed by atoms with Gasteiger partial charge < -0.3 is 5.32 Å². The fourth-order valence-electron chi connectivity index (χ4n) is 2.45. The van der Waals surface area contributed by atoms with Gasteiger partial charge in [0.15, 0.2) is 0 Å². The standard InChI is InChI=1S/C15H21BrN2O3S/c16-14-7-5-13(6-8-14)15(19)17-9-12-22(20,21)18-10-3-1-2-4-11-18/h5-8H,1-4,9-12H2,(H,17,19). The highest BCUT2D eigenvalue weighted by atomic mass is 79.9. The molecule has 1 aromatic carbocycles.